The highest BCUT2D eigenvalue weighted by molar-refractivity contribution is 7.89. The summed E-state index contributed by atoms with van der Waals surface area (Å²) in [6.45, 7) is 2.31. The molecule has 11 heteroatoms. The van der Waals surface area contributed by atoms with Crippen LogP contribution in [0.2, 0.25) is 5.02 Å². The fourth-order valence-corrected chi connectivity index (χ4v) is 4.17. The van der Waals surface area contributed by atoms with Gasteiger partial charge in [0.1, 0.15) is 10.6 Å². The van der Waals surface area contributed by atoms with Crippen LogP contribution in [0.15, 0.2) is 41.4 Å². The summed E-state index contributed by atoms with van der Waals surface area (Å²) in [6, 6.07) is 8.84. The number of hydrogen-bond acceptors (Lipinski definition) is 5. The van der Waals surface area contributed by atoms with Crippen LogP contribution in [-0.4, -0.2) is 69.5 Å². The Morgan fingerprint density at radius 2 is 1.73 bits per heavy atom. The summed E-state index contributed by atoms with van der Waals surface area (Å²) in [5.74, 6) is -0.695. The van der Waals surface area contributed by atoms with Crippen LogP contribution in [0.1, 0.15) is 10.5 Å². The number of hydrogen-bond donors (Lipinski definition) is 2. The number of amides is 2. The lowest BCUT2D eigenvalue weighted by Gasteiger charge is -2.36. The summed E-state index contributed by atoms with van der Waals surface area (Å²) in [4.78, 5) is 28.8. The van der Waals surface area contributed by atoms with Crippen molar-refractivity contribution in [1.82, 2.24) is 19.5 Å². The molecule has 0 saturated carbocycles. The lowest BCUT2D eigenvalue weighted by molar-refractivity contribution is -0.130. The first kappa shape index (κ1) is 22.1. The smallest absolute Gasteiger partial charge is 0.268 e. The van der Waals surface area contributed by atoms with Crippen LogP contribution in [0.5, 0.6) is 0 Å². The van der Waals surface area contributed by atoms with Gasteiger partial charge >= 0.3 is 0 Å². The predicted molar refractivity (Wildman–Crippen MR) is 114 cm³/mol. The van der Waals surface area contributed by atoms with Crippen molar-refractivity contribution in [2.24, 2.45) is 7.05 Å². The number of benzene rings is 1. The third-order valence-corrected chi connectivity index (χ3v) is 6.65. The Morgan fingerprint density at radius 1 is 1.10 bits per heavy atom. The summed E-state index contributed by atoms with van der Waals surface area (Å²) < 4.78 is 27.4. The van der Waals surface area contributed by atoms with E-state index in [1.165, 1.54) is 23.9 Å². The average molecular weight is 454 g/mol. The van der Waals surface area contributed by atoms with E-state index in [1.807, 2.05) is 24.3 Å². The molecule has 1 saturated heterocycles. The van der Waals surface area contributed by atoms with Crippen molar-refractivity contribution in [3.8, 4) is 0 Å². The first-order valence-electron chi connectivity index (χ1n) is 9.37. The van der Waals surface area contributed by atoms with Crippen molar-refractivity contribution in [3.63, 3.8) is 0 Å². The highest BCUT2D eigenvalue weighted by atomic mass is 35.5. The molecule has 2 aromatic rings. The summed E-state index contributed by atoms with van der Waals surface area (Å²) in [7, 11) is -0.780. The molecule has 162 valence electrons. The van der Waals surface area contributed by atoms with Crippen molar-refractivity contribution >= 4 is 39.1 Å². The second kappa shape index (κ2) is 9.07. The van der Waals surface area contributed by atoms with Gasteiger partial charge < -0.3 is 19.7 Å². The topological polar surface area (TPSA) is 104 Å². The van der Waals surface area contributed by atoms with Gasteiger partial charge in [-0.3, -0.25) is 9.59 Å². The van der Waals surface area contributed by atoms with E-state index in [9.17, 15) is 18.0 Å². The molecular weight excluding hydrogens is 430 g/mol. The van der Waals surface area contributed by atoms with Gasteiger partial charge in [-0.1, -0.05) is 11.6 Å². The molecule has 1 aliphatic heterocycles. The van der Waals surface area contributed by atoms with E-state index in [0.29, 0.717) is 31.2 Å². The number of rotatable bonds is 6. The van der Waals surface area contributed by atoms with Gasteiger partial charge in [0.15, 0.2) is 0 Å². The molecule has 0 radical (unpaired) electrons. The SMILES string of the molecule is CNS(=O)(=O)c1cc(C(=O)NCC(=O)N2CCN(c3ccc(Cl)cc3)CC2)n(C)c1. The van der Waals surface area contributed by atoms with E-state index in [-0.39, 0.29) is 23.0 Å². The molecule has 30 heavy (non-hydrogen) atoms. The summed E-state index contributed by atoms with van der Waals surface area (Å²) in [5, 5.41) is 3.25. The maximum absolute atomic E-state index is 12.5. The molecule has 0 bridgehead atoms. The van der Waals surface area contributed by atoms with Crippen LogP contribution >= 0.6 is 11.6 Å². The van der Waals surface area contributed by atoms with Crippen LogP contribution in [-0.2, 0) is 21.9 Å². The molecule has 0 unspecified atom stereocenters. The van der Waals surface area contributed by atoms with Gasteiger partial charge in [-0.05, 0) is 37.4 Å². The molecule has 1 aromatic heterocycles. The van der Waals surface area contributed by atoms with Gasteiger partial charge in [-0.15, -0.1) is 0 Å². The molecule has 0 atom stereocenters. The quantitative estimate of drug-likeness (QED) is 0.669. The second-order valence-electron chi connectivity index (χ2n) is 6.91. The molecule has 3 rings (SSSR count). The lowest BCUT2D eigenvalue weighted by atomic mass is 10.2. The standard InChI is InChI=1S/C19H24ClN5O4S/c1-21-30(28,29)16-11-17(23(2)13-16)19(27)22-12-18(26)25-9-7-24(8-10-25)15-5-3-14(20)4-6-15/h3-6,11,13,21H,7-10,12H2,1-2H3,(H,22,27). The van der Waals surface area contributed by atoms with Gasteiger partial charge in [-0.25, -0.2) is 13.1 Å². The van der Waals surface area contributed by atoms with Crippen LogP contribution in [0, 0.1) is 0 Å². The minimum absolute atomic E-state index is 0.0118. The largest absolute Gasteiger partial charge is 0.368 e. The van der Waals surface area contributed by atoms with Crippen molar-refractivity contribution in [2.45, 2.75) is 4.90 Å². The molecule has 0 spiro atoms. The van der Waals surface area contributed by atoms with Gasteiger partial charge in [-0.2, -0.15) is 0 Å². The summed E-state index contributed by atoms with van der Waals surface area (Å²) in [6.07, 6.45) is 1.35. The number of carbonyl (C=O) groups excluding carboxylic acids is 2. The second-order valence-corrected chi connectivity index (χ2v) is 9.23. The van der Waals surface area contributed by atoms with Crippen LogP contribution in [0.4, 0.5) is 5.69 Å². The summed E-state index contributed by atoms with van der Waals surface area (Å²) in [5.41, 5.74) is 1.21. The molecule has 9 nitrogen and oxygen atoms in total. The van der Waals surface area contributed by atoms with Crippen molar-refractivity contribution in [3.05, 3.63) is 47.2 Å². The Kier molecular flexibility index (Phi) is 6.69. The molecular formula is C19H24ClN5O4S. The van der Waals surface area contributed by atoms with E-state index in [0.717, 1.165) is 5.69 Å². The van der Waals surface area contributed by atoms with E-state index in [4.69, 9.17) is 11.6 Å². The number of nitrogens with one attached hydrogen (secondary N) is 2. The molecule has 2 heterocycles. The fraction of sp³-hybridized carbons (Fsp3) is 0.368. The minimum atomic E-state index is -3.65. The molecule has 1 aliphatic rings. The Morgan fingerprint density at radius 3 is 2.33 bits per heavy atom. The Labute approximate surface area is 180 Å². The van der Waals surface area contributed by atoms with Crippen LogP contribution in [0.25, 0.3) is 0 Å². The maximum Gasteiger partial charge on any atom is 0.268 e. The number of carbonyl (C=O) groups is 2. The summed E-state index contributed by atoms with van der Waals surface area (Å²) >= 11 is 5.92. The van der Waals surface area contributed by atoms with Crippen molar-refractivity contribution < 1.29 is 18.0 Å². The zero-order chi connectivity index (χ0) is 21.9. The van der Waals surface area contributed by atoms with Crippen LogP contribution in [0.3, 0.4) is 0 Å². The number of aryl methyl sites for hydroxylation is 1. The Hall–Kier alpha value is -2.56. The van der Waals surface area contributed by atoms with Crippen molar-refractivity contribution in [1.29, 1.82) is 0 Å². The average Bonchev–Trinajstić information content (AvgIpc) is 3.15. The predicted octanol–water partition coefficient (Wildman–Crippen LogP) is 0.665. The third-order valence-electron chi connectivity index (χ3n) is 5.02. The van der Waals surface area contributed by atoms with Gasteiger partial charge in [0.25, 0.3) is 5.91 Å². The fourth-order valence-electron chi connectivity index (χ4n) is 3.25. The van der Waals surface area contributed by atoms with E-state index < -0.39 is 15.9 Å². The maximum atomic E-state index is 12.5. The van der Waals surface area contributed by atoms with Gasteiger partial charge in [0, 0.05) is 50.1 Å². The number of sulfonamides is 1. The number of nitrogens with zero attached hydrogens (tertiary/aromatic N) is 3. The van der Waals surface area contributed by atoms with E-state index in [1.54, 1.807) is 11.9 Å². The highest BCUT2D eigenvalue weighted by Crippen LogP contribution is 2.19. The first-order valence-corrected chi connectivity index (χ1v) is 11.2. The third kappa shape index (κ3) is 4.94. The van der Waals surface area contributed by atoms with E-state index in [2.05, 4.69) is 14.9 Å². The van der Waals surface area contributed by atoms with E-state index >= 15 is 0 Å². The minimum Gasteiger partial charge on any atom is -0.368 e. The molecule has 2 amide bonds. The number of anilines is 1. The Bertz CT molecular complexity index is 1030. The lowest BCUT2D eigenvalue weighted by Crippen LogP contribution is -2.51. The molecule has 0 aliphatic carbocycles. The molecule has 1 aromatic carbocycles. The van der Waals surface area contributed by atoms with Gasteiger partial charge in [0.05, 0.1) is 6.54 Å². The number of aromatic nitrogens is 1. The van der Waals surface area contributed by atoms with Gasteiger partial charge in [0.2, 0.25) is 15.9 Å². The number of halogens is 1. The highest BCUT2D eigenvalue weighted by Gasteiger charge is 2.23. The zero-order valence-electron chi connectivity index (χ0n) is 16.8. The first-order chi connectivity index (χ1) is 14.2. The van der Waals surface area contributed by atoms with Crippen molar-refractivity contribution in [2.75, 3.05) is 44.7 Å². The monoisotopic (exact) mass is 453 g/mol. The molecule has 2 N–H and O–H groups in total. The van der Waals surface area contributed by atoms with Crippen LogP contribution < -0.4 is 14.9 Å². The Balaban J connectivity index is 1.53. The zero-order valence-corrected chi connectivity index (χ0v) is 18.3. The number of piperazine rings is 1. The normalized spacial score (nSPS) is 14.6. The molecule has 1 fully saturated rings.